The van der Waals surface area contributed by atoms with Gasteiger partial charge in [0.15, 0.2) is 0 Å². The average molecular weight is 440 g/mol. The van der Waals surface area contributed by atoms with Crippen LogP contribution in [-0.2, 0) is 26.6 Å². The van der Waals surface area contributed by atoms with Crippen LogP contribution in [0.2, 0.25) is 0 Å². The fourth-order valence-corrected chi connectivity index (χ4v) is 4.80. The molecule has 8 nitrogen and oxygen atoms in total. The molecule has 0 aliphatic rings. The quantitative estimate of drug-likeness (QED) is 0.621. The summed E-state index contributed by atoms with van der Waals surface area (Å²) in [6, 6.07) is 12.4. The minimum absolute atomic E-state index is 0.108. The largest absolute Gasteiger partial charge is 0.348 e. The minimum Gasteiger partial charge on any atom is -0.348 e. The summed E-state index contributed by atoms with van der Waals surface area (Å²) in [5.41, 5.74) is 1.29. The van der Waals surface area contributed by atoms with Crippen molar-refractivity contribution in [2.24, 2.45) is 0 Å². The standard InChI is InChI=1S/C19H25N3O5S2/c1-4-22(5-2)29(26,27)17-12-10-15(11-13-17)19(23)20-14-16-8-6-7-9-18(16)21-28(3,24)25/h6-13,21H,4-5,14H2,1-3H3,(H,20,23). The van der Waals surface area contributed by atoms with Crippen LogP contribution < -0.4 is 10.0 Å². The van der Waals surface area contributed by atoms with E-state index in [1.54, 1.807) is 38.1 Å². The molecule has 0 aliphatic heterocycles. The molecular formula is C19H25N3O5S2. The molecule has 0 saturated heterocycles. The molecule has 0 fully saturated rings. The van der Waals surface area contributed by atoms with E-state index in [1.807, 2.05) is 0 Å². The zero-order valence-electron chi connectivity index (χ0n) is 16.5. The highest BCUT2D eigenvalue weighted by Gasteiger charge is 2.21. The number of rotatable bonds is 9. The van der Waals surface area contributed by atoms with Crippen molar-refractivity contribution in [3.05, 3.63) is 59.7 Å². The molecule has 0 bridgehead atoms. The molecule has 10 heteroatoms. The molecule has 2 rings (SSSR count). The Hall–Kier alpha value is -2.43. The third kappa shape index (κ3) is 6.02. The van der Waals surface area contributed by atoms with Crippen LogP contribution in [0.15, 0.2) is 53.4 Å². The number of sulfonamides is 2. The molecule has 0 radical (unpaired) electrons. The van der Waals surface area contributed by atoms with Crippen LogP contribution in [0.1, 0.15) is 29.8 Å². The third-order valence-electron chi connectivity index (χ3n) is 4.21. The first-order chi connectivity index (χ1) is 13.6. The van der Waals surface area contributed by atoms with Gasteiger partial charge in [-0.05, 0) is 35.9 Å². The van der Waals surface area contributed by atoms with Crippen molar-refractivity contribution in [2.45, 2.75) is 25.3 Å². The second-order valence-electron chi connectivity index (χ2n) is 6.33. The Bertz CT molecular complexity index is 1060. The second kappa shape index (κ2) is 9.38. The zero-order chi connectivity index (χ0) is 21.7. The van der Waals surface area contributed by atoms with Gasteiger partial charge in [0.25, 0.3) is 5.91 Å². The molecule has 2 aromatic carbocycles. The molecular weight excluding hydrogens is 414 g/mol. The number of amides is 1. The maximum absolute atomic E-state index is 12.5. The first-order valence-corrected chi connectivity index (χ1v) is 12.4. The third-order valence-corrected chi connectivity index (χ3v) is 6.87. The summed E-state index contributed by atoms with van der Waals surface area (Å²) in [5, 5.41) is 2.71. The topological polar surface area (TPSA) is 113 Å². The average Bonchev–Trinajstić information content (AvgIpc) is 2.66. The molecule has 0 heterocycles. The number of benzene rings is 2. The van der Waals surface area contributed by atoms with E-state index in [2.05, 4.69) is 10.0 Å². The molecule has 0 spiro atoms. The molecule has 2 aromatic rings. The first kappa shape index (κ1) is 22.9. The predicted octanol–water partition coefficient (Wildman–Crippen LogP) is 2.02. The molecule has 0 aromatic heterocycles. The number of anilines is 1. The smallest absolute Gasteiger partial charge is 0.251 e. The molecule has 0 unspecified atom stereocenters. The van der Waals surface area contributed by atoms with Gasteiger partial charge in [0.2, 0.25) is 20.0 Å². The maximum atomic E-state index is 12.5. The molecule has 2 N–H and O–H groups in total. The van der Waals surface area contributed by atoms with Crippen LogP contribution in [0.25, 0.3) is 0 Å². The Balaban J connectivity index is 2.12. The van der Waals surface area contributed by atoms with E-state index in [4.69, 9.17) is 0 Å². The summed E-state index contributed by atoms with van der Waals surface area (Å²) < 4.78 is 51.7. The number of hydrogen-bond acceptors (Lipinski definition) is 5. The van der Waals surface area contributed by atoms with Gasteiger partial charge in [-0.2, -0.15) is 4.31 Å². The van der Waals surface area contributed by atoms with E-state index in [9.17, 15) is 21.6 Å². The van der Waals surface area contributed by atoms with Crippen LogP contribution in [0.5, 0.6) is 0 Å². The lowest BCUT2D eigenvalue weighted by molar-refractivity contribution is 0.0951. The molecule has 0 aliphatic carbocycles. The fraction of sp³-hybridized carbons (Fsp3) is 0.316. The lowest BCUT2D eigenvalue weighted by Crippen LogP contribution is -2.30. The van der Waals surface area contributed by atoms with E-state index in [1.165, 1.54) is 28.6 Å². The van der Waals surface area contributed by atoms with Gasteiger partial charge < -0.3 is 5.32 Å². The summed E-state index contributed by atoms with van der Waals surface area (Å²) in [6.45, 7) is 4.36. The van der Waals surface area contributed by atoms with Crippen LogP contribution in [0, 0.1) is 0 Å². The van der Waals surface area contributed by atoms with Gasteiger partial charge in [-0.15, -0.1) is 0 Å². The highest BCUT2D eigenvalue weighted by Crippen LogP contribution is 2.18. The Kier molecular flexibility index (Phi) is 7.39. The Morgan fingerprint density at radius 1 is 0.931 bits per heavy atom. The fourth-order valence-electron chi connectivity index (χ4n) is 2.74. The molecule has 158 valence electrons. The monoisotopic (exact) mass is 439 g/mol. The van der Waals surface area contributed by atoms with Crippen molar-refractivity contribution in [1.82, 2.24) is 9.62 Å². The van der Waals surface area contributed by atoms with E-state index in [-0.39, 0.29) is 11.4 Å². The van der Waals surface area contributed by atoms with E-state index >= 15 is 0 Å². The molecule has 0 saturated carbocycles. The first-order valence-electron chi connectivity index (χ1n) is 9.02. The van der Waals surface area contributed by atoms with Gasteiger partial charge in [0.1, 0.15) is 0 Å². The summed E-state index contributed by atoms with van der Waals surface area (Å²) in [5.74, 6) is -0.397. The van der Waals surface area contributed by atoms with Crippen molar-refractivity contribution in [3.63, 3.8) is 0 Å². The van der Waals surface area contributed by atoms with Gasteiger partial charge in [-0.25, -0.2) is 16.8 Å². The highest BCUT2D eigenvalue weighted by atomic mass is 32.2. The van der Waals surface area contributed by atoms with Gasteiger partial charge in [-0.1, -0.05) is 32.0 Å². The summed E-state index contributed by atoms with van der Waals surface area (Å²) >= 11 is 0. The molecule has 1 amide bonds. The minimum atomic E-state index is -3.59. The number of carbonyl (C=O) groups is 1. The Morgan fingerprint density at radius 3 is 2.07 bits per heavy atom. The van der Waals surface area contributed by atoms with Crippen molar-refractivity contribution in [2.75, 3.05) is 24.1 Å². The maximum Gasteiger partial charge on any atom is 0.251 e. The van der Waals surface area contributed by atoms with Crippen LogP contribution in [0.3, 0.4) is 0 Å². The molecule has 29 heavy (non-hydrogen) atoms. The Morgan fingerprint density at radius 2 is 1.52 bits per heavy atom. The molecule has 0 atom stereocenters. The predicted molar refractivity (Wildman–Crippen MR) is 113 cm³/mol. The number of nitrogens with zero attached hydrogens (tertiary/aromatic N) is 1. The summed E-state index contributed by atoms with van der Waals surface area (Å²) in [4.78, 5) is 12.5. The normalized spacial score (nSPS) is 12.0. The summed E-state index contributed by atoms with van der Waals surface area (Å²) in [6.07, 6.45) is 1.05. The van der Waals surface area contributed by atoms with Gasteiger partial charge in [0, 0.05) is 25.2 Å². The lowest BCUT2D eigenvalue weighted by Gasteiger charge is -2.18. The van der Waals surface area contributed by atoms with E-state index < -0.39 is 26.0 Å². The highest BCUT2D eigenvalue weighted by molar-refractivity contribution is 7.92. The van der Waals surface area contributed by atoms with Crippen molar-refractivity contribution < 1.29 is 21.6 Å². The Labute approximate surface area is 172 Å². The van der Waals surface area contributed by atoms with E-state index in [0.29, 0.717) is 29.9 Å². The zero-order valence-corrected chi connectivity index (χ0v) is 18.2. The lowest BCUT2D eigenvalue weighted by atomic mass is 10.1. The SMILES string of the molecule is CCN(CC)S(=O)(=O)c1ccc(C(=O)NCc2ccccc2NS(C)(=O)=O)cc1. The van der Waals surface area contributed by atoms with E-state index in [0.717, 1.165) is 6.26 Å². The van der Waals surface area contributed by atoms with Crippen molar-refractivity contribution in [1.29, 1.82) is 0 Å². The van der Waals surface area contributed by atoms with Gasteiger partial charge >= 0.3 is 0 Å². The second-order valence-corrected chi connectivity index (χ2v) is 10.0. The summed E-state index contributed by atoms with van der Waals surface area (Å²) in [7, 11) is -7.03. The number of hydrogen-bond donors (Lipinski definition) is 2. The van der Waals surface area contributed by atoms with Gasteiger partial charge in [-0.3, -0.25) is 9.52 Å². The van der Waals surface area contributed by atoms with Crippen molar-refractivity contribution in [3.8, 4) is 0 Å². The van der Waals surface area contributed by atoms with Crippen molar-refractivity contribution >= 4 is 31.6 Å². The van der Waals surface area contributed by atoms with Crippen LogP contribution >= 0.6 is 0 Å². The number of nitrogens with one attached hydrogen (secondary N) is 2. The van der Waals surface area contributed by atoms with Gasteiger partial charge in [0.05, 0.1) is 16.8 Å². The van der Waals surface area contributed by atoms with Crippen LogP contribution in [0.4, 0.5) is 5.69 Å². The van der Waals surface area contributed by atoms with Crippen LogP contribution in [-0.4, -0.2) is 46.4 Å². The number of para-hydroxylation sites is 1. The number of carbonyl (C=O) groups excluding carboxylic acids is 1.